The minimum Gasteiger partial charge on any atom is -0.495 e. The predicted octanol–water partition coefficient (Wildman–Crippen LogP) is 1.32. The average Bonchev–Trinajstić information content (AvgIpc) is 2.68. The van der Waals surface area contributed by atoms with Gasteiger partial charge in [0, 0.05) is 50.1 Å². The van der Waals surface area contributed by atoms with Crippen LogP contribution in [0.3, 0.4) is 0 Å². The van der Waals surface area contributed by atoms with E-state index in [0.717, 1.165) is 13.1 Å². The molecule has 1 heterocycles. The zero-order valence-corrected chi connectivity index (χ0v) is 17.6. The van der Waals surface area contributed by atoms with Crippen LogP contribution in [0.4, 0.5) is 10.5 Å². The molecular formula is C19H30N4O4S. The van der Waals surface area contributed by atoms with Crippen LogP contribution in [-0.4, -0.2) is 91.8 Å². The van der Waals surface area contributed by atoms with Gasteiger partial charge < -0.3 is 30.3 Å². The van der Waals surface area contributed by atoms with Crippen molar-refractivity contribution in [3.05, 3.63) is 23.8 Å². The third-order valence-electron chi connectivity index (χ3n) is 4.67. The number of hydrogen-bond acceptors (Lipinski definition) is 6. The maximum atomic E-state index is 12.8. The highest BCUT2D eigenvalue weighted by Crippen LogP contribution is 2.26. The summed E-state index contributed by atoms with van der Waals surface area (Å²) >= 11 is 1.60. The second-order valence-electron chi connectivity index (χ2n) is 6.77. The Morgan fingerprint density at radius 3 is 2.61 bits per heavy atom. The van der Waals surface area contributed by atoms with Crippen LogP contribution in [0.25, 0.3) is 0 Å². The SMILES string of the molecule is COc1ccc(C(=O)N2CCN(C)CC2)cc1NC(=O)NC(CCO)CSC. The number of benzene rings is 1. The normalized spacial score (nSPS) is 15.8. The van der Waals surface area contributed by atoms with E-state index in [9.17, 15) is 9.59 Å². The van der Waals surface area contributed by atoms with Crippen molar-refractivity contribution in [3.63, 3.8) is 0 Å². The van der Waals surface area contributed by atoms with E-state index in [2.05, 4.69) is 15.5 Å². The molecule has 0 aliphatic carbocycles. The summed E-state index contributed by atoms with van der Waals surface area (Å²) in [7, 11) is 3.56. The number of amides is 3. The third kappa shape index (κ3) is 6.29. The largest absolute Gasteiger partial charge is 0.495 e. The number of nitrogens with zero attached hydrogens (tertiary/aromatic N) is 2. The molecule has 1 aliphatic rings. The van der Waals surface area contributed by atoms with E-state index in [-0.39, 0.29) is 18.6 Å². The molecule has 1 atom stereocenters. The maximum absolute atomic E-state index is 12.8. The van der Waals surface area contributed by atoms with Crippen molar-refractivity contribution in [1.29, 1.82) is 0 Å². The zero-order chi connectivity index (χ0) is 20.5. The number of rotatable bonds is 8. The number of thioether (sulfide) groups is 1. The summed E-state index contributed by atoms with van der Waals surface area (Å²) in [5.41, 5.74) is 0.948. The van der Waals surface area contributed by atoms with Gasteiger partial charge in [0.25, 0.3) is 5.91 Å². The molecule has 2 rings (SSSR count). The maximum Gasteiger partial charge on any atom is 0.319 e. The van der Waals surface area contributed by atoms with Gasteiger partial charge in [-0.15, -0.1) is 0 Å². The standard InChI is InChI=1S/C19H30N4O4S/c1-22-7-9-23(10-8-22)18(25)14-4-5-17(27-2)16(12-14)21-19(26)20-15(6-11-24)13-28-3/h4-5,12,15,24H,6-11,13H2,1-3H3,(H2,20,21,26). The van der Waals surface area contributed by atoms with Crippen LogP contribution in [0.2, 0.25) is 0 Å². The topological polar surface area (TPSA) is 94.1 Å². The molecule has 28 heavy (non-hydrogen) atoms. The molecule has 1 aromatic rings. The first-order valence-electron chi connectivity index (χ1n) is 9.31. The van der Waals surface area contributed by atoms with Crippen LogP contribution < -0.4 is 15.4 Å². The summed E-state index contributed by atoms with van der Waals surface area (Å²) in [6.07, 6.45) is 2.42. The number of piperazine rings is 1. The highest BCUT2D eigenvalue weighted by Gasteiger charge is 2.22. The fourth-order valence-electron chi connectivity index (χ4n) is 3.03. The molecule has 3 N–H and O–H groups in total. The van der Waals surface area contributed by atoms with Crippen molar-refractivity contribution in [1.82, 2.24) is 15.1 Å². The Hall–Kier alpha value is -1.97. The van der Waals surface area contributed by atoms with E-state index in [4.69, 9.17) is 9.84 Å². The molecule has 8 nitrogen and oxygen atoms in total. The molecule has 0 bridgehead atoms. The molecule has 1 saturated heterocycles. The summed E-state index contributed by atoms with van der Waals surface area (Å²) in [5, 5.41) is 14.8. The number of urea groups is 1. The first kappa shape index (κ1) is 22.3. The average molecular weight is 411 g/mol. The summed E-state index contributed by atoms with van der Waals surface area (Å²) in [4.78, 5) is 29.2. The Bertz CT molecular complexity index is 659. The molecule has 0 spiro atoms. The highest BCUT2D eigenvalue weighted by molar-refractivity contribution is 7.98. The Kier molecular flexibility index (Phi) is 8.88. The molecule has 1 unspecified atom stereocenters. The summed E-state index contributed by atoms with van der Waals surface area (Å²) < 4.78 is 5.32. The molecule has 1 aliphatic heterocycles. The van der Waals surface area contributed by atoms with Gasteiger partial charge in [-0.1, -0.05) is 0 Å². The smallest absolute Gasteiger partial charge is 0.319 e. The third-order valence-corrected chi connectivity index (χ3v) is 5.40. The van der Waals surface area contributed by atoms with Crippen LogP contribution in [0.5, 0.6) is 5.75 Å². The molecule has 1 aromatic carbocycles. The first-order valence-corrected chi connectivity index (χ1v) is 10.7. The second-order valence-corrected chi connectivity index (χ2v) is 7.68. The fourth-order valence-corrected chi connectivity index (χ4v) is 3.68. The summed E-state index contributed by atoms with van der Waals surface area (Å²) in [5.74, 6) is 1.13. The van der Waals surface area contributed by atoms with E-state index in [1.54, 1.807) is 30.0 Å². The molecule has 0 radical (unpaired) electrons. The highest BCUT2D eigenvalue weighted by atomic mass is 32.2. The number of aliphatic hydroxyl groups is 1. The van der Waals surface area contributed by atoms with Gasteiger partial charge in [-0.25, -0.2) is 4.79 Å². The fraction of sp³-hybridized carbons (Fsp3) is 0.579. The van der Waals surface area contributed by atoms with E-state index in [0.29, 0.717) is 42.3 Å². The Labute approximate surface area is 170 Å². The number of carbonyl (C=O) groups excluding carboxylic acids is 2. The van der Waals surface area contributed by atoms with E-state index < -0.39 is 6.03 Å². The molecular weight excluding hydrogens is 380 g/mol. The number of aliphatic hydroxyl groups excluding tert-OH is 1. The van der Waals surface area contributed by atoms with Crippen LogP contribution in [0, 0.1) is 0 Å². The van der Waals surface area contributed by atoms with Crippen molar-refractivity contribution in [3.8, 4) is 5.75 Å². The molecule has 3 amide bonds. The molecule has 156 valence electrons. The lowest BCUT2D eigenvalue weighted by Gasteiger charge is -2.32. The van der Waals surface area contributed by atoms with Gasteiger partial charge in [-0.3, -0.25) is 4.79 Å². The molecule has 0 saturated carbocycles. The monoisotopic (exact) mass is 410 g/mol. The number of ether oxygens (including phenoxy) is 1. The van der Waals surface area contributed by atoms with Crippen LogP contribution in [-0.2, 0) is 0 Å². The van der Waals surface area contributed by atoms with Gasteiger partial charge in [0.2, 0.25) is 0 Å². The van der Waals surface area contributed by atoms with Crippen molar-refractivity contribution in [2.45, 2.75) is 12.5 Å². The predicted molar refractivity (Wildman–Crippen MR) is 112 cm³/mol. The number of anilines is 1. The van der Waals surface area contributed by atoms with Crippen molar-refractivity contribution >= 4 is 29.4 Å². The second kappa shape index (κ2) is 11.1. The van der Waals surface area contributed by atoms with E-state index >= 15 is 0 Å². The van der Waals surface area contributed by atoms with E-state index in [1.807, 2.05) is 18.2 Å². The van der Waals surface area contributed by atoms with Gasteiger partial charge in [-0.2, -0.15) is 11.8 Å². The minimum absolute atomic E-state index is 0.00381. The summed E-state index contributed by atoms with van der Waals surface area (Å²) in [6, 6.07) is 4.52. The van der Waals surface area contributed by atoms with Gasteiger partial charge in [0.1, 0.15) is 5.75 Å². The number of likely N-dealkylation sites (N-methyl/N-ethyl adjacent to an activating group) is 1. The quantitative estimate of drug-likeness (QED) is 0.598. The van der Waals surface area contributed by atoms with Crippen molar-refractivity contribution in [2.75, 3.05) is 64.3 Å². The number of methoxy groups -OCH3 is 1. The van der Waals surface area contributed by atoms with E-state index in [1.165, 1.54) is 7.11 Å². The van der Waals surface area contributed by atoms with Crippen LogP contribution in [0.1, 0.15) is 16.8 Å². The Balaban J connectivity index is 2.09. The van der Waals surface area contributed by atoms with Crippen LogP contribution >= 0.6 is 11.8 Å². The van der Waals surface area contributed by atoms with Crippen molar-refractivity contribution < 1.29 is 19.4 Å². The lowest BCUT2D eigenvalue weighted by Crippen LogP contribution is -2.47. The van der Waals surface area contributed by atoms with Gasteiger partial charge in [-0.05, 0) is 37.9 Å². The van der Waals surface area contributed by atoms with Gasteiger partial charge in [0.15, 0.2) is 0 Å². The molecule has 9 heteroatoms. The molecule has 1 fully saturated rings. The van der Waals surface area contributed by atoms with Gasteiger partial charge >= 0.3 is 6.03 Å². The van der Waals surface area contributed by atoms with Gasteiger partial charge in [0.05, 0.1) is 12.8 Å². The lowest BCUT2D eigenvalue weighted by atomic mass is 10.1. The first-order chi connectivity index (χ1) is 13.5. The number of carbonyl (C=O) groups is 2. The van der Waals surface area contributed by atoms with Crippen LogP contribution in [0.15, 0.2) is 18.2 Å². The number of nitrogens with one attached hydrogen (secondary N) is 2. The zero-order valence-electron chi connectivity index (χ0n) is 16.7. The Morgan fingerprint density at radius 2 is 2.00 bits per heavy atom. The lowest BCUT2D eigenvalue weighted by molar-refractivity contribution is 0.0664. The minimum atomic E-state index is -0.394. The van der Waals surface area contributed by atoms with Crippen molar-refractivity contribution in [2.24, 2.45) is 0 Å². The number of hydrogen-bond donors (Lipinski definition) is 3. The summed E-state index contributed by atoms with van der Waals surface area (Å²) in [6.45, 7) is 3.06. The Morgan fingerprint density at radius 1 is 1.29 bits per heavy atom. The molecule has 0 aromatic heterocycles.